The van der Waals surface area contributed by atoms with Gasteiger partial charge in [0.25, 0.3) is 11.8 Å². The molecule has 2 unspecified atom stereocenters. The minimum Gasteiger partial charge on any atom is -0.496 e. The van der Waals surface area contributed by atoms with Gasteiger partial charge in [-0.05, 0) is 43.5 Å². The van der Waals surface area contributed by atoms with Gasteiger partial charge in [0, 0.05) is 38.4 Å². The average Bonchev–Trinajstić information content (AvgIpc) is 3.45. The normalized spacial score (nSPS) is 15.8. The van der Waals surface area contributed by atoms with Crippen LogP contribution in [0.4, 0.5) is 13.6 Å². The van der Waals surface area contributed by atoms with E-state index in [4.69, 9.17) is 9.47 Å². The number of fused-ring (bicyclic) bond motifs is 2. The maximum absolute atomic E-state index is 14.4. The van der Waals surface area contributed by atoms with Gasteiger partial charge in [-0.15, -0.1) is 0 Å². The first-order chi connectivity index (χ1) is 19.2. The lowest BCUT2D eigenvalue weighted by Gasteiger charge is -2.20. The molecule has 12 heteroatoms. The summed E-state index contributed by atoms with van der Waals surface area (Å²) in [5.74, 6) is -2.97. The molecule has 2 aromatic carbocycles. The second-order valence-corrected chi connectivity index (χ2v) is 17.4. The standard InChI is InChI=1S/C29H38F2N4O5Si/c1-17(19-8-7-9-24-20(19)10-11-29(24,30)31)32-27(36)22-14-21(18(2)33-28(37)38)26(39-3)23-15-35(34-25(22)23)16-40-12-13-41(4,5)6/h7-9,14-15,17-18,33H,10-13,16H2,1-6H3,(H,32,36)(H,37,38). The minimum absolute atomic E-state index is 0.00617. The molecule has 0 saturated heterocycles. The predicted molar refractivity (Wildman–Crippen MR) is 155 cm³/mol. The average molecular weight is 589 g/mol. The molecule has 1 aliphatic rings. The first-order valence-corrected chi connectivity index (χ1v) is 17.4. The number of carbonyl (C=O) groups is 2. The summed E-state index contributed by atoms with van der Waals surface area (Å²) in [5.41, 5.74) is 2.23. The Kier molecular flexibility index (Phi) is 8.74. The fourth-order valence-corrected chi connectivity index (χ4v) is 5.98. The Bertz CT molecular complexity index is 1450. The number of carbonyl (C=O) groups excluding carboxylic acids is 1. The van der Waals surface area contributed by atoms with E-state index in [0.29, 0.717) is 39.9 Å². The van der Waals surface area contributed by atoms with Crippen molar-refractivity contribution in [3.8, 4) is 5.75 Å². The molecule has 0 spiro atoms. The van der Waals surface area contributed by atoms with Crippen molar-refractivity contribution < 1.29 is 33.0 Å². The Morgan fingerprint density at radius 2 is 1.88 bits per heavy atom. The van der Waals surface area contributed by atoms with E-state index in [2.05, 4.69) is 35.4 Å². The van der Waals surface area contributed by atoms with Crippen molar-refractivity contribution in [3.63, 3.8) is 0 Å². The molecule has 2 amide bonds. The minimum atomic E-state index is -2.89. The van der Waals surface area contributed by atoms with E-state index < -0.39 is 38.1 Å². The molecule has 3 N–H and O–H groups in total. The number of aromatic nitrogens is 2. The van der Waals surface area contributed by atoms with Gasteiger partial charge in [-0.3, -0.25) is 4.79 Å². The molecule has 1 aromatic heterocycles. The molecule has 1 heterocycles. The van der Waals surface area contributed by atoms with Crippen LogP contribution in [0.5, 0.6) is 5.75 Å². The van der Waals surface area contributed by atoms with Crippen LogP contribution in [0.25, 0.3) is 10.9 Å². The largest absolute Gasteiger partial charge is 0.496 e. The molecule has 9 nitrogen and oxygen atoms in total. The molecular formula is C29H38F2N4O5Si. The smallest absolute Gasteiger partial charge is 0.405 e. The highest BCUT2D eigenvalue weighted by Gasteiger charge is 2.40. The third-order valence-corrected chi connectivity index (χ3v) is 9.11. The lowest BCUT2D eigenvalue weighted by Crippen LogP contribution is -2.29. The number of nitrogens with zero attached hydrogens (tertiary/aromatic N) is 2. The van der Waals surface area contributed by atoms with Gasteiger partial charge >= 0.3 is 6.09 Å². The number of halogens is 2. The van der Waals surface area contributed by atoms with Crippen molar-refractivity contribution >= 4 is 31.0 Å². The third kappa shape index (κ3) is 6.70. The van der Waals surface area contributed by atoms with Gasteiger partial charge < -0.3 is 25.2 Å². The fraction of sp³-hybridized carbons (Fsp3) is 0.483. The number of hydrogen-bond acceptors (Lipinski definition) is 5. The summed E-state index contributed by atoms with van der Waals surface area (Å²) in [6.07, 6.45) is 0.469. The summed E-state index contributed by atoms with van der Waals surface area (Å²) in [7, 11) is 0.191. The van der Waals surface area contributed by atoms with Gasteiger partial charge in [0.2, 0.25) is 0 Å². The van der Waals surface area contributed by atoms with Crippen molar-refractivity contribution in [1.82, 2.24) is 20.4 Å². The van der Waals surface area contributed by atoms with E-state index >= 15 is 0 Å². The van der Waals surface area contributed by atoms with Crippen molar-refractivity contribution in [2.75, 3.05) is 13.7 Å². The summed E-state index contributed by atoms with van der Waals surface area (Å²) in [6.45, 7) is 10.9. The Labute approximate surface area is 239 Å². The zero-order valence-corrected chi connectivity index (χ0v) is 25.3. The molecule has 41 heavy (non-hydrogen) atoms. The molecular weight excluding hydrogens is 550 g/mol. The van der Waals surface area contributed by atoms with Crippen LogP contribution in [-0.4, -0.2) is 48.7 Å². The quantitative estimate of drug-likeness (QED) is 0.181. The number of alkyl halides is 2. The van der Waals surface area contributed by atoms with Gasteiger partial charge in [0.05, 0.1) is 30.1 Å². The number of methoxy groups -OCH3 is 1. The molecule has 0 fully saturated rings. The Morgan fingerprint density at radius 1 is 1.17 bits per heavy atom. The molecule has 1 aliphatic carbocycles. The maximum atomic E-state index is 14.4. The lowest BCUT2D eigenvalue weighted by molar-refractivity contribution is -0.00185. The zero-order chi connectivity index (χ0) is 30.1. The highest BCUT2D eigenvalue weighted by molar-refractivity contribution is 6.76. The van der Waals surface area contributed by atoms with E-state index in [1.54, 1.807) is 42.9 Å². The van der Waals surface area contributed by atoms with Gasteiger partial charge in [0.15, 0.2) is 0 Å². The van der Waals surface area contributed by atoms with E-state index in [-0.39, 0.29) is 30.7 Å². The van der Waals surface area contributed by atoms with E-state index in [1.165, 1.54) is 13.2 Å². The number of rotatable bonds is 11. The third-order valence-electron chi connectivity index (χ3n) is 7.41. The first-order valence-electron chi connectivity index (χ1n) is 13.7. The van der Waals surface area contributed by atoms with Crippen LogP contribution in [0.15, 0.2) is 30.5 Å². The van der Waals surface area contributed by atoms with Crippen molar-refractivity contribution in [3.05, 3.63) is 58.3 Å². The maximum Gasteiger partial charge on any atom is 0.405 e. The summed E-state index contributed by atoms with van der Waals surface area (Å²) in [5, 5.41) is 19.8. The SMILES string of the molecule is COc1c(C(C)NC(=O)O)cc(C(=O)NC(C)c2cccc3c2CCC3(F)F)c2nn(COCC[Si](C)(C)C)cc12. The number of hydrogen-bond donors (Lipinski definition) is 3. The van der Waals surface area contributed by atoms with Crippen LogP contribution in [0.2, 0.25) is 25.7 Å². The number of amides is 2. The van der Waals surface area contributed by atoms with Crippen LogP contribution in [0.1, 0.15) is 65.0 Å². The van der Waals surface area contributed by atoms with E-state index in [0.717, 1.165) is 6.04 Å². The molecule has 0 saturated carbocycles. The highest BCUT2D eigenvalue weighted by Crippen LogP contribution is 2.44. The number of nitrogens with one attached hydrogen (secondary N) is 2. The number of ether oxygens (including phenoxy) is 2. The van der Waals surface area contributed by atoms with Crippen molar-refractivity contribution in [2.45, 2.75) is 77.1 Å². The summed E-state index contributed by atoms with van der Waals surface area (Å²) in [6, 6.07) is 6.07. The van der Waals surface area contributed by atoms with Gasteiger partial charge in [-0.2, -0.15) is 5.10 Å². The Balaban J connectivity index is 1.70. The summed E-state index contributed by atoms with van der Waals surface area (Å²) >= 11 is 0. The van der Waals surface area contributed by atoms with E-state index in [1.807, 2.05) is 0 Å². The zero-order valence-electron chi connectivity index (χ0n) is 24.3. The van der Waals surface area contributed by atoms with Gasteiger partial charge in [-0.1, -0.05) is 37.8 Å². The van der Waals surface area contributed by atoms with Crippen molar-refractivity contribution in [2.24, 2.45) is 0 Å². The second kappa shape index (κ2) is 11.8. The second-order valence-electron chi connectivity index (χ2n) is 11.8. The molecule has 3 aromatic rings. The summed E-state index contributed by atoms with van der Waals surface area (Å²) in [4.78, 5) is 25.1. The van der Waals surface area contributed by atoms with Crippen LogP contribution < -0.4 is 15.4 Å². The topological polar surface area (TPSA) is 115 Å². The predicted octanol–water partition coefficient (Wildman–Crippen LogP) is 6.21. The van der Waals surface area contributed by atoms with Crippen LogP contribution in [0.3, 0.4) is 0 Å². The van der Waals surface area contributed by atoms with Crippen LogP contribution in [0, 0.1) is 0 Å². The van der Waals surface area contributed by atoms with Crippen LogP contribution >= 0.6 is 0 Å². The number of benzene rings is 2. The lowest BCUT2D eigenvalue weighted by atomic mass is 9.96. The molecule has 0 bridgehead atoms. The van der Waals surface area contributed by atoms with Crippen molar-refractivity contribution in [1.29, 1.82) is 0 Å². The number of carboxylic acid groups (broad SMARTS) is 1. The molecule has 0 radical (unpaired) electrons. The monoisotopic (exact) mass is 588 g/mol. The highest BCUT2D eigenvalue weighted by atomic mass is 28.3. The Hall–Kier alpha value is -3.51. The van der Waals surface area contributed by atoms with Gasteiger partial charge in [0.1, 0.15) is 18.0 Å². The fourth-order valence-electron chi connectivity index (χ4n) is 5.22. The van der Waals surface area contributed by atoms with E-state index in [9.17, 15) is 23.5 Å². The molecule has 0 aliphatic heterocycles. The molecule has 2 atom stereocenters. The summed E-state index contributed by atoms with van der Waals surface area (Å²) < 4.78 is 41.9. The van der Waals surface area contributed by atoms with Gasteiger partial charge in [-0.25, -0.2) is 18.3 Å². The Morgan fingerprint density at radius 3 is 2.54 bits per heavy atom. The first kappa shape index (κ1) is 30.4. The molecule has 222 valence electrons. The molecule has 4 rings (SSSR count). The van der Waals surface area contributed by atoms with Crippen LogP contribution in [-0.2, 0) is 23.8 Å².